The first-order valence-electron chi connectivity index (χ1n) is 8.86. The van der Waals surface area contributed by atoms with E-state index in [2.05, 4.69) is 0 Å². The van der Waals surface area contributed by atoms with Crippen molar-refractivity contribution >= 4 is 16.7 Å². The lowest BCUT2D eigenvalue weighted by atomic mass is 9.92. The summed E-state index contributed by atoms with van der Waals surface area (Å²) in [5.74, 6) is 2.05. The molecule has 6 nitrogen and oxygen atoms in total. The van der Waals surface area contributed by atoms with Crippen molar-refractivity contribution in [2.24, 2.45) is 11.7 Å². The van der Waals surface area contributed by atoms with Crippen molar-refractivity contribution in [2.75, 3.05) is 32.1 Å². The highest BCUT2D eigenvalue weighted by molar-refractivity contribution is 7.85. The molecule has 0 radical (unpaired) electrons. The number of amides is 1. The third-order valence-corrected chi connectivity index (χ3v) is 6.19. The van der Waals surface area contributed by atoms with Gasteiger partial charge in [0.15, 0.2) is 11.5 Å². The van der Waals surface area contributed by atoms with E-state index in [0.717, 1.165) is 19.4 Å². The zero-order valence-electron chi connectivity index (χ0n) is 14.6. The molecular weight excluding hydrogens is 340 g/mol. The summed E-state index contributed by atoms with van der Waals surface area (Å²) in [7, 11) is -1.23. The van der Waals surface area contributed by atoms with Crippen LogP contribution in [0.3, 0.4) is 0 Å². The Hall–Kier alpha value is -1.60. The fourth-order valence-electron chi connectivity index (χ4n) is 3.29. The van der Waals surface area contributed by atoms with Crippen molar-refractivity contribution in [1.29, 1.82) is 0 Å². The number of hydrogen-bond donors (Lipinski definition) is 1. The molecule has 25 heavy (non-hydrogen) atoms. The number of fused-ring (bicyclic) bond motifs is 1. The minimum atomic E-state index is -1.23. The fraction of sp³-hybridized carbons (Fsp3) is 0.611. The Morgan fingerprint density at radius 1 is 1.36 bits per heavy atom. The molecule has 1 saturated heterocycles. The maximum Gasteiger partial charge on any atom is 0.223 e. The number of carbonyl (C=O) groups is 1. The van der Waals surface area contributed by atoms with Gasteiger partial charge in [0.25, 0.3) is 0 Å². The van der Waals surface area contributed by atoms with E-state index in [4.69, 9.17) is 15.2 Å². The van der Waals surface area contributed by atoms with Gasteiger partial charge in [-0.2, -0.15) is 0 Å². The Morgan fingerprint density at radius 3 is 2.88 bits per heavy atom. The summed E-state index contributed by atoms with van der Waals surface area (Å²) in [6, 6.07) is 5.41. The molecule has 2 aliphatic rings. The molecule has 0 spiro atoms. The average Bonchev–Trinajstić information content (AvgIpc) is 2.65. The van der Waals surface area contributed by atoms with Crippen LogP contribution in [0.5, 0.6) is 11.5 Å². The van der Waals surface area contributed by atoms with Crippen LogP contribution < -0.4 is 15.2 Å². The largest absolute Gasteiger partial charge is 0.486 e. The average molecular weight is 366 g/mol. The molecule has 1 fully saturated rings. The van der Waals surface area contributed by atoms with Crippen molar-refractivity contribution in [3.63, 3.8) is 0 Å². The maximum absolute atomic E-state index is 12.5. The van der Waals surface area contributed by atoms with E-state index in [9.17, 15) is 9.00 Å². The second-order valence-electron chi connectivity index (χ2n) is 6.71. The minimum Gasteiger partial charge on any atom is -0.486 e. The van der Waals surface area contributed by atoms with Crippen LogP contribution in [0.2, 0.25) is 0 Å². The van der Waals surface area contributed by atoms with Gasteiger partial charge in [0.05, 0.1) is 10.8 Å². The van der Waals surface area contributed by atoms with E-state index >= 15 is 0 Å². The number of hydrogen-bond acceptors (Lipinski definition) is 5. The predicted octanol–water partition coefficient (Wildman–Crippen LogP) is 1.54. The number of carbonyl (C=O) groups excluding carboxylic acids is 1. The molecule has 2 heterocycles. The SMILES string of the molecule is CC(N)C1CCCN(C(=O)CCS(=O)c2ccc3c(c2)OCCO3)C1. The van der Waals surface area contributed by atoms with Crippen LogP contribution in [0.4, 0.5) is 0 Å². The first-order chi connectivity index (χ1) is 12.0. The number of rotatable bonds is 5. The van der Waals surface area contributed by atoms with Crippen LogP contribution in [0.15, 0.2) is 23.1 Å². The molecule has 3 rings (SSSR count). The maximum atomic E-state index is 12.5. The second-order valence-corrected chi connectivity index (χ2v) is 8.28. The van der Waals surface area contributed by atoms with Crippen molar-refractivity contribution in [1.82, 2.24) is 4.90 Å². The number of nitrogens with two attached hydrogens (primary N) is 1. The number of benzene rings is 1. The van der Waals surface area contributed by atoms with Crippen LogP contribution in [-0.4, -0.2) is 53.1 Å². The van der Waals surface area contributed by atoms with E-state index in [-0.39, 0.29) is 18.4 Å². The zero-order valence-corrected chi connectivity index (χ0v) is 15.4. The lowest BCUT2D eigenvalue weighted by Gasteiger charge is -2.34. The number of piperidine rings is 1. The summed E-state index contributed by atoms with van der Waals surface area (Å²) >= 11 is 0. The van der Waals surface area contributed by atoms with E-state index in [1.54, 1.807) is 18.2 Å². The third-order valence-electron chi connectivity index (χ3n) is 4.83. The minimum absolute atomic E-state index is 0.0660. The Labute approximate surface area is 151 Å². The van der Waals surface area contributed by atoms with E-state index < -0.39 is 10.8 Å². The van der Waals surface area contributed by atoms with Crippen molar-refractivity contribution in [3.05, 3.63) is 18.2 Å². The Balaban J connectivity index is 1.54. The molecule has 2 N–H and O–H groups in total. The van der Waals surface area contributed by atoms with E-state index in [0.29, 0.717) is 47.8 Å². The zero-order chi connectivity index (χ0) is 17.8. The monoisotopic (exact) mass is 366 g/mol. The smallest absolute Gasteiger partial charge is 0.223 e. The topological polar surface area (TPSA) is 81.9 Å². The lowest BCUT2D eigenvalue weighted by molar-refractivity contribution is -0.132. The van der Waals surface area contributed by atoms with Gasteiger partial charge in [-0.05, 0) is 37.8 Å². The van der Waals surface area contributed by atoms with Gasteiger partial charge in [0, 0.05) is 42.3 Å². The molecule has 3 atom stereocenters. The molecule has 1 amide bonds. The van der Waals surface area contributed by atoms with E-state index in [1.807, 2.05) is 11.8 Å². The quantitative estimate of drug-likeness (QED) is 0.855. The molecule has 138 valence electrons. The number of ether oxygens (including phenoxy) is 2. The first-order valence-corrected chi connectivity index (χ1v) is 10.2. The second kappa shape index (κ2) is 8.19. The molecule has 3 unspecified atom stereocenters. The Morgan fingerprint density at radius 2 is 2.12 bits per heavy atom. The molecule has 1 aromatic rings. The van der Waals surface area contributed by atoms with Gasteiger partial charge >= 0.3 is 0 Å². The van der Waals surface area contributed by atoms with Crippen LogP contribution in [-0.2, 0) is 15.6 Å². The van der Waals surface area contributed by atoms with Crippen molar-refractivity contribution in [3.8, 4) is 11.5 Å². The van der Waals surface area contributed by atoms with Crippen LogP contribution >= 0.6 is 0 Å². The molecule has 2 aliphatic heterocycles. The van der Waals surface area contributed by atoms with Gasteiger partial charge in [-0.3, -0.25) is 9.00 Å². The fourth-order valence-corrected chi connectivity index (χ4v) is 4.34. The standard InChI is InChI=1S/C18H26N2O4S/c1-13(19)14-3-2-7-20(12-14)18(21)6-10-25(22)15-4-5-16-17(11-15)24-9-8-23-16/h4-5,11,13-14H,2-3,6-10,12,19H2,1H3. The highest BCUT2D eigenvalue weighted by Crippen LogP contribution is 2.32. The highest BCUT2D eigenvalue weighted by Gasteiger charge is 2.26. The summed E-state index contributed by atoms with van der Waals surface area (Å²) in [4.78, 5) is 15.0. The third kappa shape index (κ3) is 4.52. The molecular formula is C18H26N2O4S. The predicted molar refractivity (Wildman–Crippen MR) is 96.3 cm³/mol. The van der Waals surface area contributed by atoms with E-state index in [1.165, 1.54) is 0 Å². The van der Waals surface area contributed by atoms with Crippen LogP contribution in [0.25, 0.3) is 0 Å². The van der Waals surface area contributed by atoms with Crippen LogP contribution in [0, 0.1) is 5.92 Å². The summed E-state index contributed by atoms with van der Waals surface area (Å²) in [6.07, 6.45) is 2.35. The Bertz CT molecular complexity index is 650. The molecule has 0 bridgehead atoms. The molecule has 0 aliphatic carbocycles. The first kappa shape index (κ1) is 18.2. The van der Waals surface area contributed by atoms with Crippen LogP contribution in [0.1, 0.15) is 26.2 Å². The molecule has 0 saturated carbocycles. The Kier molecular flexibility index (Phi) is 5.96. The molecule has 0 aromatic heterocycles. The summed E-state index contributed by atoms with van der Waals surface area (Å²) in [5, 5.41) is 0. The summed E-state index contributed by atoms with van der Waals surface area (Å²) in [5.41, 5.74) is 5.97. The molecule has 1 aromatic carbocycles. The summed E-state index contributed by atoms with van der Waals surface area (Å²) in [6.45, 7) is 4.51. The van der Waals surface area contributed by atoms with Crippen molar-refractivity contribution < 1.29 is 18.5 Å². The van der Waals surface area contributed by atoms with Gasteiger partial charge in [0.1, 0.15) is 13.2 Å². The number of likely N-dealkylation sites (tertiary alicyclic amines) is 1. The van der Waals surface area contributed by atoms with Gasteiger partial charge in [-0.15, -0.1) is 0 Å². The molecule has 7 heteroatoms. The van der Waals surface area contributed by atoms with Gasteiger partial charge < -0.3 is 20.1 Å². The lowest BCUT2D eigenvalue weighted by Crippen LogP contribution is -2.45. The normalized spacial score (nSPS) is 22.3. The number of nitrogens with zero attached hydrogens (tertiary/aromatic N) is 1. The summed E-state index contributed by atoms with van der Waals surface area (Å²) < 4.78 is 23.5. The van der Waals surface area contributed by atoms with Gasteiger partial charge in [-0.25, -0.2) is 0 Å². The highest BCUT2D eigenvalue weighted by atomic mass is 32.2. The van der Waals surface area contributed by atoms with Crippen molar-refractivity contribution in [2.45, 2.75) is 37.1 Å². The van der Waals surface area contributed by atoms with Gasteiger partial charge in [0.2, 0.25) is 5.91 Å². The van der Waals surface area contributed by atoms with Gasteiger partial charge in [-0.1, -0.05) is 0 Å².